The third kappa shape index (κ3) is 3.62. The molecule has 5 heteroatoms. The fraction of sp³-hybridized carbons (Fsp3) is 0.538. The number of likely N-dealkylation sites (tertiary alicyclic amines) is 1. The van der Waals surface area contributed by atoms with Crippen molar-refractivity contribution >= 4 is 29.3 Å². The van der Waals surface area contributed by atoms with Gasteiger partial charge in [0.15, 0.2) is 0 Å². The van der Waals surface area contributed by atoms with Gasteiger partial charge >= 0.3 is 0 Å². The van der Waals surface area contributed by atoms with Crippen LogP contribution in [-0.4, -0.2) is 34.1 Å². The first-order valence-corrected chi connectivity index (χ1v) is 7.49. The van der Waals surface area contributed by atoms with Gasteiger partial charge in [0, 0.05) is 19.3 Å². The van der Waals surface area contributed by atoms with Crippen LogP contribution >= 0.6 is 23.4 Å². The summed E-state index contributed by atoms with van der Waals surface area (Å²) < 4.78 is 0. The number of rotatable bonds is 3. The highest BCUT2D eigenvalue weighted by atomic mass is 35.5. The van der Waals surface area contributed by atoms with Crippen molar-refractivity contribution in [2.24, 2.45) is 0 Å². The third-order valence-electron chi connectivity index (χ3n) is 3.01. The number of aromatic nitrogens is 1. The Morgan fingerprint density at radius 1 is 1.39 bits per heavy atom. The molecule has 2 rings (SSSR count). The van der Waals surface area contributed by atoms with Crippen LogP contribution in [0.3, 0.4) is 0 Å². The third-order valence-corrected chi connectivity index (χ3v) is 4.28. The highest BCUT2D eigenvalue weighted by molar-refractivity contribution is 8.00. The molecule has 1 atom stereocenters. The van der Waals surface area contributed by atoms with Crippen LogP contribution in [0.2, 0.25) is 5.02 Å². The van der Waals surface area contributed by atoms with Crippen molar-refractivity contribution in [3.63, 3.8) is 0 Å². The monoisotopic (exact) mass is 284 g/mol. The van der Waals surface area contributed by atoms with Gasteiger partial charge in [0.05, 0.1) is 15.3 Å². The number of nitrogens with zero attached hydrogens (tertiary/aromatic N) is 2. The Labute approximate surface area is 117 Å². The number of thioether (sulfide) groups is 1. The molecule has 1 aromatic rings. The predicted octanol–water partition coefficient (Wildman–Crippen LogP) is 3.23. The molecule has 2 heterocycles. The highest BCUT2D eigenvalue weighted by Gasteiger charge is 2.23. The topological polar surface area (TPSA) is 33.2 Å². The first-order chi connectivity index (χ1) is 8.66. The molecule has 1 fully saturated rings. The molecule has 0 radical (unpaired) electrons. The van der Waals surface area contributed by atoms with E-state index in [0.717, 1.165) is 31.0 Å². The van der Waals surface area contributed by atoms with E-state index < -0.39 is 0 Å². The lowest BCUT2D eigenvalue weighted by molar-refractivity contribution is -0.131. The van der Waals surface area contributed by atoms with Gasteiger partial charge in [0.2, 0.25) is 5.91 Å². The zero-order valence-electron chi connectivity index (χ0n) is 10.4. The summed E-state index contributed by atoms with van der Waals surface area (Å²) in [5.41, 5.74) is 0. The molecule has 1 aromatic heterocycles. The number of piperidine rings is 1. The Morgan fingerprint density at radius 3 is 2.72 bits per heavy atom. The molecule has 0 spiro atoms. The zero-order valence-corrected chi connectivity index (χ0v) is 12.0. The van der Waals surface area contributed by atoms with E-state index in [1.165, 1.54) is 18.2 Å². The van der Waals surface area contributed by atoms with Crippen LogP contribution in [0.25, 0.3) is 0 Å². The summed E-state index contributed by atoms with van der Waals surface area (Å²) >= 11 is 7.28. The van der Waals surface area contributed by atoms with E-state index in [9.17, 15) is 4.79 Å². The molecular weight excluding hydrogens is 268 g/mol. The van der Waals surface area contributed by atoms with Gasteiger partial charge in [0.1, 0.15) is 0 Å². The minimum atomic E-state index is -0.0863. The second-order valence-electron chi connectivity index (χ2n) is 4.46. The summed E-state index contributed by atoms with van der Waals surface area (Å²) in [4.78, 5) is 18.4. The van der Waals surface area contributed by atoms with Crippen molar-refractivity contribution < 1.29 is 4.79 Å². The fourth-order valence-corrected chi connectivity index (χ4v) is 3.02. The standard InChI is InChI=1S/C13H17ClN2OS/c1-10(13(17)16-7-3-2-4-8-16)18-12-6-5-11(14)9-15-12/h5-6,9-10H,2-4,7-8H2,1H3/t10-/m1/s1. The Kier molecular flexibility index (Phi) is 4.89. The number of halogens is 1. The molecule has 1 aliphatic heterocycles. The molecule has 1 saturated heterocycles. The average Bonchev–Trinajstić information content (AvgIpc) is 2.41. The predicted molar refractivity (Wildman–Crippen MR) is 75.0 cm³/mol. The van der Waals surface area contributed by atoms with Crippen molar-refractivity contribution in [2.45, 2.75) is 36.5 Å². The van der Waals surface area contributed by atoms with E-state index in [2.05, 4.69) is 4.98 Å². The largest absolute Gasteiger partial charge is 0.342 e. The van der Waals surface area contributed by atoms with E-state index in [0.29, 0.717) is 5.02 Å². The van der Waals surface area contributed by atoms with E-state index in [1.54, 1.807) is 12.3 Å². The van der Waals surface area contributed by atoms with Crippen molar-refractivity contribution in [1.82, 2.24) is 9.88 Å². The lowest BCUT2D eigenvalue weighted by Gasteiger charge is -2.28. The van der Waals surface area contributed by atoms with Crippen LogP contribution in [0.15, 0.2) is 23.4 Å². The smallest absolute Gasteiger partial charge is 0.235 e. The van der Waals surface area contributed by atoms with Crippen molar-refractivity contribution in [1.29, 1.82) is 0 Å². The fourth-order valence-electron chi connectivity index (χ4n) is 2.03. The van der Waals surface area contributed by atoms with Crippen LogP contribution in [0.1, 0.15) is 26.2 Å². The second kappa shape index (κ2) is 6.43. The minimum Gasteiger partial charge on any atom is -0.342 e. The lowest BCUT2D eigenvalue weighted by Crippen LogP contribution is -2.40. The summed E-state index contributed by atoms with van der Waals surface area (Å²) in [5, 5.41) is 1.38. The summed E-state index contributed by atoms with van der Waals surface area (Å²) in [5.74, 6) is 0.219. The van der Waals surface area contributed by atoms with Gasteiger partial charge in [-0.05, 0) is 38.3 Å². The normalized spacial score (nSPS) is 17.6. The number of hydrogen-bond acceptors (Lipinski definition) is 3. The van der Waals surface area contributed by atoms with Crippen LogP contribution in [0.5, 0.6) is 0 Å². The lowest BCUT2D eigenvalue weighted by atomic mass is 10.1. The van der Waals surface area contributed by atoms with Gasteiger partial charge in [-0.1, -0.05) is 23.4 Å². The van der Waals surface area contributed by atoms with Crippen molar-refractivity contribution in [3.05, 3.63) is 23.4 Å². The maximum absolute atomic E-state index is 12.2. The van der Waals surface area contributed by atoms with E-state index in [4.69, 9.17) is 11.6 Å². The highest BCUT2D eigenvalue weighted by Crippen LogP contribution is 2.24. The number of pyridine rings is 1. The van der Waals surface area contributed by atoms with Gasteiger partial charge in [-0.25, -0.2) is 4.98 Å². The Hall–Kier alpha value is -0.740. The number of carbonyl (C=O) groups excluding carboxylic acids is 1. The molecule has 18 heavy (non-hydrogen) atoms. The van der Waals surface area contributed by atoms with Gasteiger partial charge < -0.3 is 4.90 Å². The second-order valence-corrected chi connectivity index (χ2v) is 6.26. The van der Waals surface area contributed by atoms with Crippen molar-refractivity contribution in [2.75, 3.05) is 13.1 Å². The van der Waals surface area contributed by atoms with Crippen LogP contribution in [0.4, 0.5) is 0 Å². The first kappa shape index (κ1) is 13.7. The summed E-state index contributed by atoms with van der Waals surface area (Å²) in [6, 6.07) is 3.65. The molecular formula is C13H17ClN2OS. The van der Waals surface area contributed by atoms with Gasteiger partial charge in [0.25, 0.3) is 0 Å². The average molecular weight is 285 g/mol. The molecule has 98 valence electrons. The molecule has 1 amide bonds. The van der Waals surface area contributed by atoms with E-state index in [1.807, 2.05) is 17.9 Å². The summed E-state index contributed by atoms with van der Waals surface area (Å²) in [6.07, 6.45) is 5.11. The van der Waals surface area contributed by atoms with Crippen LogP contribution in [-0.2, 0) is 4.79 Å². The quantitative estimate of drug-likeness (QED) is 0.799. The number of amides is 1. The van der Waals surface area contributed by atoms with Crippen LogP contribution < -0.4 is 0 Å². The first-order valence-electron chi connectivity index (χ1n) is 6.24. The Morgan fingerprint density at radius 2 is 2.11 bits per heavy atom. The van der Waals surface area contributed by atoms with Gasteiger partial charge in [-0.3, -0.25) is 4.79 Å². The molecule has 3 nitrogen and oxygen atoms in total. The maximum atomic E-state index is 12.2. The van der Waals surface area contributed by atoms with Crippen LogP contribution in [0, 0.1) is 0 Å². The molecule has 0 unspecified atom stereocenters. The molecule has 1 aliphatic rings. The minimum absolute atomic E-state index is 0.0863. The maximum Gasteiger partial charge on any atom is 0.235 e. The molecule has 0 aliphatic carbocycles. The SMILES string of the molecule is C[C@@H](Sc1ccc(Cl)cn1)C(=O)N1CCCCC1. The number of carbonyl (C=O) groups is 1. The zero-order chi connectivity index (χ0) is 13.0. The summed E-state index contributed by atoms with van der Waals surface area (Å²) in [7, 11) is 0. The molecule has 0 aromatic carbocycles. The molecule has 0 N–H and O–H groups in total. The van der Waals surface area contributed by atoms with E-state index in [-0.39, 0.29) is 11.2 Å². The summed E-state index contributed by atoms with van der Waals surface area (Å²) in [6.45, 7) is 3.74. The molecule has 0 bridgehead atoms. The Bertz CT molecular complexity index is 404. The molecule has 0 saturated carbocycles. The van der Waals surface area contributed by atoms with E-state index >= 15 is 0 Å². The van der Waals surface area contributed by atoms with Gasteiger partial charge in [-0.15, -0.1) is 0 Å². The number of hydrogen-bond donors (Lipinski definition) is 0. The van der Waals surface area contributed by atoms with Gasteiger partial charge in [-0.2, -0.15) is 0 Å². The van der Waals surface area contributed by atoms with Crippen molar-refractivity contribution in [3.8, 4) is 0 Å². The Balaban J connectivity index is 1.92.